The first-order valence-corrected chi connectivity index (χ1v) is 6.17. The van der Waals surface area contributed by atoms with Gasteiger partial charge in [-0.15, -0.1) is 11.3 Å². The predicted octanol–water partition coefficient (Wildman–Crippen LogP) is 3.79. The molecule has 0 N–H and O–H groups in total. The zero-order chi connectivity index (χ0) is 11.5. The molecule has 1 heterocycles. The van der Waals surface area contributed by atoms with E-state index in [0.29, 0.717) is 6.42 Å². The zero-order valence-corrected chi connectivity index (χ0v) is 10.3. The number of hydrogen-bond donors (Lipinski definition) is 0. The van der Waals surface area contributed by atoms with E-state index in [0.717, 1.165) is 11.1 Å². The second-order valence-corrected chi connectivity index (χ2v) is 5.15. The van der Waals surface area contributed by atoms with Crippen LogP contribution in [0.4, 0.5) is 0 Å². The summed E-state index contributed by atoms with van der Waals surface area (Å²) in [4.78, 5) is 13.1. The molecule has 2 heteroatoms. The number of aryl methyl sites for hydroxylation is 2. The molecule has 0 spiro atoms. The van der Waals surface area contributed by atoms with Crippen LogP contribution in [0.25, 0.3) is 0 Å². The van der Waals surface area contributed by atoms with Crippen molar-refractivity contribution < 1.29 is 4.79 Å². The van der Waals surface area contributed by atoms with Crippen LogP contribution in [-0.2, 0) is 6.42 Å². The quantitative estimate of drug-likeness (QED) is 0.733. The van der Waals surface area contributed by atoms with Gasteiger partial charge in [0.1, 0.15) is 0 Å². The number of Topliss-reactive ketones (excluding diaryl/α,β-unsaturated/α-hetero) is 1. The van der Waals surface area contributed by atoms with Crippen LogP contribution in [-0.4, -0.2) is 5.78 Å². The van der Waals surface area contributed by atoms with Crippen molar-refractivity contribution in [2.24, 2.45) is 0 Å². The molecule has 2 rings (SSSR count). The molecule has 1 aromatic carbocycles. The highest BCUT2D eigenvalue weighted by Gasteiger charge is 2.08. The van der Waals surface area contributed by atoms with E-state index in [1.807, 2.05) is 49.6 Å². The van der Waals surface area contributed by atoms with Crippen LogP contribution < -0.4 is 0 Å². The fourth-order valence-electron chi connectivity index (χ4n) is 1.58. The highest BCUT2D eigenvalue weighted by Crippen LogP contribution is 2.15. The van der Waals surface area contributed by atoms with Gasteiger partial charge in [-0.3, -0.25) is 4.79 Å². The Morgan fingerprint density at radius 1 is 1.19 bits per heavy atom. The maximum Gasteiger partial charge on any atom is 0.168 e. The number of thiophene rings is 1. The van der Waals surface area contributed by atoms with E-state index in [4.69, 9.17) is 0 Å². The van der Waals surface area contributed by atoms with E-state index in [1.54, 1.807) is 11.3 Å². The molecule has 0 aliphatic heterocycles. The summed E-state index contributed by atoms with van der Waals surface area (Å²) < 4.78 is 0. The molecule has 0 saturated carbocycles. The lowest BCUT2D eigenvalue weighted by Gasteiger charge is -2.00. The maximum absolute atomic E-state index is 11.9. The van der Waals surface area contributed by atoms with Crippen molar-refractivity contribution >= 4 is 17.1 Å². The molecule has 2 aromatic rings. The van der Waals surface area contributed by atoms with Crippen molar-refractivity contribution in [3.05, 3.63) is 57.3 Å². The summed E-state index contributed by atoms with van der Waals surface area (Å²) in [5.41, 5.74) is 3.14. The minimum absolute atomic E-state index is 0.202. The lowest BCUT2D eigenvalue weighted by Crippen LogP contribution is -2.01. The Balaban J connectivity index is 2.10. The van der Waals surface area contributed by atoms with Crippen LogP contribution in [0.15, 0.2) is 35.7 Å². The first-order valence-electron chi connectivity index (χ1n) is 5.29. The lowest BCUT2D eigenvalue weighted by molar-refractivity contribution is 0.0993. The Bertz CT molecular complexity index is 494. The number of hydrogen-bond acceptors (Lipinski definition) is 2. The average molecular weight is 230 g/mol. The smallest absolute Gasteiger partial charge is 0.168 e. The first-order chi connectivity index (χ1) is 7.65. The van der Waals surface area contributed by atoms with Gasteiger partial charge in [0.05, 0.1) is 0 Å². The number of rotatable bonds is 3. The number of ketones is 1. The van der Waals surface area contributed by atoms with E-state index in [2.05, 4.69) is 0 Å². The lowest BCUT2D eigenvalue weighted by atomic mass is 10.0. The van der Waals surface area contributed by atoms with Crippen LogP contribution in [0.5, 0.6) is 0 Å². The minimum atomic E-state index is 0.202. The van der Waals surface area contributed by atoms with Crippen LogP contribution >= 0.6 is 11.3 Å². The summed E-state index contributed by atoms with van der Waals surface area (Å²) in [6.45, 7) is 4.07. The molecule has 1 nitrogen and oxygen atoms in total. The van der Waals surface area contributed by atoms with Crippen molar-refractivity contribution in [1.82, 2.24) is 0 Å². The SMILES string of the molecule is Cc1ccc(CC(=O)c2csc(C)c2)cc1. The Labute approximate surface area is 99.8 Å². The number of carbonyl (C=O) groups excluding carboxylic acids is 1. The molecule has 0 unspecified atom stereocenters. The molecule has 0 saturated heterocycles. The molecule has 1 aromatic heterocycles. The molecule has 0 atom stereocenters. The van der Waals surface area contributed by atoms with E-state index in [-0.39, 0.29) is 5.78 Å². The molecule has 82 valence electrons. The topological polar surface area (TPSA) is 17.1 Å². The van der Waals surface area contributed by atoms with Gasteiger partial charge < -0.3 is 0 Å². The van der Waals surface area contributed by atoms with Crippen LogP contribution in [0.2, 0.25) is 0 Å². The van der Waals surface area contributed by atoms with Crippen LogP contribution in [0.1, 0.15) is 26.4 Å². The average Bonchev–Trinajstić information content (AvgIpc) is 2.68. The Morgan fingerprint density at radius 2 is 1.88 bits per heavy atom. The highest BCUT2D eigenvalue weighted by molar-refractivity contribution is 7.10. The van der Waals surface area contributed by atoms with Gasteiger partial charge in [0.2, 0.25) is 0 Å². The molecule has 0 fully saturated rings. The van der Waals surface area contributed by atoms with Crippen LogP contribution in [0.3, 0.4) is 0 Å². The minimum Gasteiger partial charge on any atom is -0.294 e. The summed E-state index contributed by atoms with van der Waals surface area (Å²) in [6, 6.07) is 10.1. The molecule has 0 bridgehead atoms. The normalized spacial score (nSPS) is 10.4. The second-order valence-electron chi connectivity index (χ2n) is 4.03. The third kappa shape index (κ3) is 2.58. The van der Waals surface area contributed by atoms with Gasteiger partial charge in [-0.2, -0.15) is 0 Å². The summed E-state index contributed by atoms with van der Waals surface area (Å²) in [6.07, 6.45) is 0.496. The van der Waals surface area contributed by atoms with E-state index in [1.165, 1.54) is 10.4 Å². The number of benzene rings is 1. The fraction of sp³-hybridized carbons (Fsp3) is 0.214. The van der Waals surface area contributed by atoms with Crippen molar-refractivity contribution in [3.63, 3.8) is 0 Å². The van der Waals surface area contributed by atoms with Gasteiger partial charge >= 0.3 is 0 Å². The molecule has 16 heavy (non-hydrogen) atoms. The summed E-state index contributed by atoms with van der Waals surface area (Å²) in [5.74, 6) is 0.202. The first kappa shape index (κ1) is 11.1. The monoisotopic (exact) mass is 230 g/mol. The van der Waals surface area contributed by atoms with E-state index < -0.39 is 0 Å². The van der Waals surface area contributed by atoms with Gasteiger partial charge in [-0.25, -0.2) is 0 Å². The van der Waals surface area contributed by atoms with Gasteiger partial charge in [-0.1, -0.05) is 29.8 Å². The summed E-state index contributed by atoms with van der Waals surface area (Å²) in [5, 5.41) is 1.94. The van der Waals surface area contributed by atoms with Gasteiger partial charge in [0, 0.05) is 22.2 Å². The Morgan fingerprint density at radius 3 is 2.44 bits per heavy atom. The Kier molecular flexibility index (Phi) is 3.20. The summed E-state index contributed by atoms with van der Waals surface area (Å²) >= 11 is 1.62. The molecule has 0 aliphatic rings. The third-order valence-corrected chi connectivity index (χ3v) is 3.40. The van der Waals surface area contributed by atoms with Crippen LogP contribution in [0, 0.1) is 13.8 Å². The van der Waals surface area contributed by atoms with Crippen molar-refractivity contribution in [1.29, 1.82) is 0 Å². The Hall–Kier alpha value is -1.41. The predicted molar refractivity (Wildman–Crippen MR) is 68.3 cm³/mol. The van der Waals surface area contributed by atoms with Gasteiger partial charge in [0.15, 0.2) is 5.78 Å². The highest BCUT2D eigenvalue weighted by atomic mass is 32.1. The second kappa shape index (κ2) is 4.62. The molecular weight excluding hydrogens is 216 g/mol. The molecular formula is C14H14OS. The van der Waals surface area contributed by atoms with Gasteiger partial charge in [-0.05, 0) is 25.5 Å². The number of carbonyl (C=O) groups is 1. The van der Waals surface area contributed by atoms with Crippen molar-refractivity contribution in [3.8, 4) is 0 Å². The van der Waals surface area contributed by atoms with E-state index >= 15 is 0 Å². The third-order valence-electron chi connectivity index (χ3n) is 2.54. The zero-order valence-electron chi connectivity index (χ0n) is 9.49. The largest absolute Gasteiger partial charge is 0.294 e. The molecule has 0 amide bonds. The fourth-order valence-corrected chi connectivity index (χ4v) is 2.29. The maximum atomic E-state index is 11.9. The summed E-state index contributed by atoms with van der Waals surface area (Å²) in [7, 11) is 0. The van der Waals surface area contributed by atoms with E-state index in [9.17, 15) is 4.79 Å². The standard InChI is InChI=1S/C14H14OS/c1-10-3-5-12(6-4-10)8-14(15)13-7-11(2)16-9-13/h3-7,9H,8H2,1-2H3. The van der Waals surface area contributed by atoms with Crippen molar-refractivity contribution in [2.75, 3.05) is 0 Å². The van der Waals surface area contributed by atoms with Gasteiger partial charge in [0.25, 0.3) is 0 Å². The molecule has 0 aliphatic carbocycles. The van der Waals surface area contributed by atoms with Crippen molar-refractivity contribution in [2.45, 2.75) is 20.3 Å². The molecule has 0 radical (unpaired) electrons.